The molecular weight excluding hydrogens is 154 g/mol. The molecule has 0 spiro atoms. The molecule has 2 nitrogen and oxygen atoms in total. The first-order chi connectivity index (χ1) is 5.15. The topological polar surface area (TPSA) is 20.3 Å². The molecule has 0 aromatic heterocycles. The van der Waals surface area contributed by atoms with Gasteiger partial charge in [-0.05, 0) is 13.8 Å². The molecule has 1 heterocycles. The molecule has 0 aliphatic carbocycles. The summed E-state index contributed by atoms with van der Waals surface area (Å²) >= 11 is 0. The van der Waals surface area contributed by atoms with Crippen LogP contribution in [0, 0.1) is 0 Å². The molecule has 2 radical (unpaired) electrons. The van der Waals surface area contributed by atoms with E-state index in [1.54, 1.807) is 0 Å². The summed E-state index contributed by atoms with van der Waals surface area (Å²) in [6.07, 6.45) is 2.88. The highest BCUT2D eigenvalue weighted by atomic mass is 28.2. The molecule has 1 amide bonds. The van der Waals surface area contributed by atoms with E-state index in [4.69, 9.17) is 0 Å². The molecule has 1 saturated heterocycles. The normalized spacial score (nSPS) is 23.0. The van der Waals surface area contributed by atoms with Crippen LogP contribution in [0.2, 0.25) is 6.55 Å². The third-order valence-electron chi connectivity index (χ3n) is 1.75. The van der Waals surface area contributed by atoms with Crippen LogP contribution >= 0.6 is 0 Å². The van der Waals surface area contributed by atoms with Crippen molar-refractivity contribution in [1.82, 2.24) is 4.57 Å². The van der Waals surface area contributed by atoms with Crippen molar-refractivity contribution in [1.29, 1.82) is 0 Å². The Hall–Kier alpha value is -0.573. The fourth-order valence-electron chi connectivity index (χ4n) is 1.25. The van der Waals surface area contributed by atoms with Crippen molar-refractivity contribution in [3.8, 4) is 0 Å². The number of carbonyl (C=O) groups is 1. The third kappa shape index (κ3) is 1.71. The zero-order valence-electron chi connectivity index (χ0n) is 7.22. The molecule has 1 rings (SSSR count). The lowest BCUT2D eigenvalue weighted by atomic mass is 10.0. The highest BCUT2D eigenvalue weighted by molar-refractivity contribution is 6.36. The summed E-state index contributed by atoms with van der Waals surface area (Å²) in [7, 11) is 0.618. The Morgan fingerprint density at radius 3 is 2.73 bits per heavy atom. The van der Waals surface area contributed by atoms with Gasteiger partial charge >= 0.3 is 0 Å². The molecule has 0 N–H and O–H groups in total. The second-order valence-electron chi connectivity index (χ2n) is 3.00. The maximum absolute atomic E-state index is 11.0. The number of rotatable bonds is 2. The minimum atomic E-state index is 0.299. The van der Waals surface area contributed by atoms with E-state index in [9.17, 15) is 4.79 Å². The van der Waals surface area contributed by atoms with Gasteiger partial charge in [0.25, 0.3) is 0 Å². The molecule has 60 valence electrons. The summed E-state index contributed by atoms with van der Waals surface area (Å²) in [5, 5.41) is 0. The molecular formula is C8H13NOSi. The van der Waals surface area contributed by atoms with E-state index >= 15 is 0 Å². The van der Waals surface area contributed by atoms with E-state index in [0.717, 1.165) is 0 Å². The number of β-lactam (4-membered cyclic amide) rings is 1. The van der Waals surface area contributed by atoms with Gasteiger partial charge in [-0.15, -0.1) is 0 Å². The molecule has 0 saturated carbocycles. The molecule has 1 aliphatic heterocycles. The smallest absolute Gasteiger partial charge is 0.217 e. The van der Waals surface area contributed by atoms with E-state index in [-0.39, 0.29) is 0 Å². The zero-order chi connectivity index (χ0) is 8.43. The highest BCUT2D eigenvalue weighted by Crippen LogP contribution is 2.19. The Kier molecular flexibility index (Phi) is 2.49. The van der Waals surface area contributed by atoms with Gasteiger partial charge in [0.05, 0.1) is 6.04 Å². The summed E-state index contributed by atoms with van der Waals surface area (Å²) in [5.74, 6) is 0.299. The van der Waals surface area contributed by atoms with Gasteiger partial charge in [0, 0.05) is 6.42 Å². The second kappa shape index (κ2) is 3.22. The average Bonchev–Trinajstić information content (AvgIpc) is 1.86. The number of allylic oxidation sites excluding steroid dienone is 1. The van der Waals surface area contributed by atoms with Crippen molar-refractivity contribution in [2.24, 2.45) is 0 Å². The molecule has 1 fully saturated rings. The maximum Gasteiger partial charge on any atom is 0.217 e. The Morgan fingerprint density at radius 2 is 2.36 bits per heavy atom. The van der Waals surface area contributed by atoms with E-state index in [0.29, 0.717) is 28.1 Å². The van der Waals surface area contributed by atoms with Crippen molar-refractivity contribution >= 4 is 15.6 Å². The van der Waals surface area contributed by atoms with Gasteiger partial charge in [-0.1, -0.05) is 18.2 Å². The lowest BCUT2D eigenvalue weighted by Crippen LogP contribution is -2.52. The van der Waals surface area contributed by atoms with Crippen LogP contribution < -0.4 is 0 Å². The van der Waals surface area contributed by atoms with Gasteiger partial charge in [-0.2, -0.15) is 0 Å². The quantitative estimate of drug-likeness (QED) is 0.344. The van der Waals surface area contributed by atoms with Crippen LogP contribution in [0.5, 0.6) is 0 Å². The Bertz CT molecular complexity index is 196. The van der Waals surface area contributed by atoms with Gasteiger partial charge in [0.2, 0.25) is 5.91 Å². The molecule has 1 unspecified atom stereocenters. The SMILES string of the molecule is C[Si]N1C(=O)CC1C=C(C)C. The molecule has 3 heteroatoms. The predicted molar refractivity (Wildman–Crippen MR) is 46.3 cm³/mol. The van der Waals surface area contributed by atoms with Crippen LogP contribution in [0.1, 0.15) is 20.3 Å². The van der Waals surface area contributed by atoms with E-state index < -0.39 is 0 Å². The summed E-state index contributed by atoms with van der Waals surface area (Å²) in [6.45, 7) is 6.18. The van der Waals surface area contributed by atoms with Gasteiger partial charge in [0.1, 0.15) is 0 Å². The lowest BCUT2D eigenvalue weighted by molar-refractivity contribution is -0.136. The van der Waals surface area contributed by atoms with Crippen molar-refractivity contribution < 1.29 is 4.79 Å². The molecule has 1 aliphatic rings. The number of nitrogens with zero attached hydrogens (tertiary/aromatic N) is 1. The largest absolute Gasteiger partial charge is 0.364 e. The van der Waals surface area contributed by atoms with Gasteiger partial charge in [-0.25, -0.2) is 0 Å². The Morgan fingerprint density at radius 1 is 1.73 bits per heavy atom. The number of hydrogen-bond donors (Lipinski definition) is 0. The molecule has 0 aromatic carbocycles. The maximum atomic E-state index is 11.0. The number of hydrogen-bond acceptors (Lipinski definition) is 1. The van der Waals surface area contributed by atoms with Crippen molar-refractivity contribution in [2.45, 2.75) is 32.9 Å². The molecule has 0 bridgehead atoms. The number of amides is 1. The Balaban J connectivity index is 2.52. The minimum absolute atomic E-state index is 0.299. The third-order valence-corrected chi connectivity index (χ3v) is 2.81. The zero-order valence-corrected chi connectivity index (χ0v) is 8.22. The van der Waals surface area contributed by atoms with Crippen molar-refractivity contribution in [3.63, 3.8) is 0 Å². The van der Waals surface area contributed by atoms with E-state index in [1.165, 1.54) is 5.57 Å². The van der Waals surface area contributed by atoms with Crippen LogP contribution in [0.3, 0.4) is 0 Å². The minimum Gasteiger partial charge on any atom is -0.364 e. The predicted octanol–water partition coefficient (Wildman–Crippen LogP) is 1.22. The average molecular weight is 167 g/mol. The fourth-order valence-corrected chi connectivity index (χ4v) is 2.09. The second-order valence-corrected chi connectivity index (χ2v) is 3.93. The van der Waals surface area contributed by atoms with E-state index in [1.807, 2.05) is 11.1 Å². The Labute approximate surface area is 70.2 Å². The van der Waals surface area contributed by atoms with Crippen molar-refractivity contribution in [2.75, 3.05) is 0 Å². The summed E-state index contributed by atoms with van der Waals surface area (Å²) in [4.78, 5) is 11.0. The lowest BCUT2D eigenvalue weighted by Gasteiger charge is -2.38. The van der Waals surface area contributed by atoms with Crippen LogP contribution in [0.15, 0.2) is 11.6 Å². The summed E-state index contributed by atoms with van der Waals surface area (Å²) < 4.78 is 1.92. The molecule has 1 atom stereocenters. The van der Waals surface area contributed by atoms with Gasteiger partial charge in [-0.3, -0.25) is 4.79 Å². The van der Waals surface area contributed by atoms with Gasteiger partial charge in [0.15, 0.2) is 9.68 Å². The molecule has 11 heavy (non-hydrogen) atoms. The van der Waals surface area contributed by atoms with Gasteiger partial charge < -0.3 is 4.57 Å². The highest BCUT2D eigenvalue weighted by Gasteiger charge is 2.32. The first-order valence-corrected chi connectivity index (χ1v) is 5.24. The summed E-state index contributed by atoms with van der Waals surface area (Å²) in [6, 6.07) is 0.399. The first kappa shape index (κ1) is 8.52. The van der Waals surface area contributed by atoms with Crippen LogP contribution in [0.4, 0.5) is 0 Å². The monoisotopic (exact) mass is 167 g/mol. The first-order valence-electron chi connectivity index (χ1n) is 3.79. The standard InChI is InChI=1S/C8H13NOSi/c1-6(2)4-7-5-8(10)9(7)11-3/h4,7H,5H2,1-3H3. The van der Waals surface area contributed by atoms with Crippen LogP contribution in [-0.4, -0.2) is 26.2 Å². The number of carbonyl (C=O) groups excluding carboxylic acids is 1. The van der Waals surface area contributed by atoms with Crippen LogP contribution in [-0.2, 0) is 4.79 Å². The van der Waals surface area contributed by atoms with Crippen molar-refractivity contribution in [3.05, 3.63) is 11.6 Å². The molecule has 0 aromatic rings. The fraction of sp³-hybridized carbons (Fsp3) is 0.625. The van der Waals surface area contributed by atoms with Crippen LogP contribution in [0.25, 0.3) is 0 Å². The summed E-state index contributed by atoms with van der Waals surface area (Å²) in [5.41, 5.74) is 1.30. The van der Waals surface area contributed by atoms with E-state index in [2.05, 4.69) is 19.9 Å².